The molecule has 0 saturated carbocycles. The summed E-state index contributed by atoms with van der Waals surface area (Å²) in [6.07, 6.45) is -2.28. The van der Waals surface area contributed by atoms with Gasteiger partial charge in [0.2, 0.25) is 0 Å². The zero-order valence-electron chi connectivity index (χ0n) is 24.9. The van der Waals surface area contributed by atoms with Crippen molar-refractivity contribution in [3.8, 4) is 0 Å². The molecule has 0 amide bonds. The Morgan fingerprint density at radius 1 is 0.652 bits per heavy atom. The second kappa shape index (κ2) is 11.7. The number of fused-ring (bicyclic) bond motifs is 1. The van der Waals surface area contributed by atoms with Crippen LogP contribution in [-0.2, 0) is 39.7 Å². The van der Waals surface area contributed by atoms with Crippen LogP contribution in [0.25, 0.3) is 0 Å². The summed E-state index contributed by atoms with van der Waals surface area (Å²) < 4.78 is 65.8. The summed E-state index contributed by atoms with van der Waals surface area (Å²) in [5, 5.41) is 0. The van der Waals surface area contributed by atoms with Crippen LogP contribution in [0.1, 0.15) is 27.8 Å². The molecule has 8 nitrogen and oxygen atoms in total. The lowest BCUT2D eigenvalue weighted by atomic mass is 9.70. The van der Waals surface area contributed by atoms with Crippen LogP contribution in [0.2, 0.25) is 0 Å². The molecule has 3 atom stereocenters. The fraction of sp³-hybridized carbons (Fsp3) is 0.167. The number of hydrogen-bond acceptors (Lipinski definition) is 6. The number of nitrogens with zero attached hydrogens (tertiary/aromatic N) is 1. The predicted molar refractivity (Wildman–Crippen MR) is 173 cm³/mol. The van der Waals surface area contributed by atoms with Crippen LogP contribution in [0.4, 0.5) is 0 Å². The molecule has 2 aliphatic heterocycles. The van der Waals surface area contributed by atoms with Gasteiger partial charge in [-0.2, -0.15) is 0 Å². The van der Waals surface area contributed by atoms with Gasteiger partial charge in [-0.3, -0.25) is 4.52 Å². The monoisotopic (exact) mass is 653 g/mol. The molecule has 234 valence electrons. The van der Waals surface area contributed by atoms with Crippen molar-refractivity contribution in [3.05, 3.63) is 173 Å². The topological polar surface area (TPSA) is 102 Å². The van der Waals surface area contributed by atoms with Gasteiger partial charge in [-0.05, 0) is 41.3 Å². The Morgan fingerprint density at radius 3 is 1.52 bits per heavy atom. The fourth-order valence-corrected chi connectivity index (χ4v) is 11.2. The molecule has 7 rings (SSSR count). The smallest absolute Gasteiger partial charge is 0.347 e. The fourth-order valence-electron chi connectivity index (χ4n) is 6.82. The van der Waals surface area contributed by atoms with E-state index in [4.69, 9.17) is 14.0 Å². The van der Waals surface area contributed by atoms with Crippen LogP contribution in [-0.4, -0.2) is 36.4 Å². The van der Waals surface area contributed by atoms with Gasteiger partial charge < -0.3 is 14.4 Å². The SMILES string of the molecule is Cc1ccc(S(=O)(=O)N2C(c3ccccc3)(c3ccccc3)C3OCOC3C(c3ccccc3)(c3ccccc3)OP2(=O)O)cc1. The van der Waals surface area contributed by atoms with Gasteiger partial charge in [0, 0.05) is 0 Å². The highest BCUT2D eigenvalue weighted by molar-refractivity contribution is 7.94. The van der Waals surface area contributed by atoms with Crippen molar-refractivity contribution in [3.63, 3.8) is 0 Å². The van der Waals surface area contributed by atoms with Gasteiger partial charge in [0.05, 0.1) is 4.90 Å². The van der Waals surface area contributed by atoms with E-state index in [1.165, 1.54) is 12.1 Å². The molecule has 5 aromatic rings. The molecule has 0 radical (unpaired) electrons. The lowest BCUT2D eigenvalue weighted by Crippen LogP contribution is -2.59. The van der Waals surface area contributed by atoms with Crippen LogP contribution in [0, 0.1) is 6.92 Å². The van der Waals surface area contributed by atoms with Gasteiger partial charge in [-0.15, -0.1) is 0 Å². The third kappa shape index (κ3) is 4.70. The molecular formula is C36H32NO7PS. The highest BCUT2D eigenvalue weighted by atomic mass is 32.2. The molecule has 2 saturated heterocycles. The quantitative estimate of drug-likeness (QED) is 0.203. The van der Waals surface area contributed by atoms with E-state index in [0.29, 0.717) is 26.3 Å². The lowest BCUT2D eigenvalue weighted by Gasteiger charge is -2.46. The molecule has 0 spiro atoms. The van der Waals surface area contributed by atoms with Crippen molar-refractivity contribution in [2.75, 3.05) is 6.79 Å². The molecule has 2 fully saturated rings. The van der Waals surface area contributed by atoms with Gasteiger partial charge in [0.25, 0.3) is 10.0 Å². The number of aryl methyl sites for hydroxylation is 1. The normalized spacial score (nSPS) is 24.1. The molecule has 0 bridgehead atoms. The average Bonchev–Trinajstić information content (AvgIpc) is 3.56. The minimum absolute atomic E-state index is 0.172. The summed E-state index contributed by atoms with van der Waals surface area (Å²) in [6.45, 7) is 1.62. The Kier molecular flexibility index (Phi) is 7.82. The van der Waals surface area contributed by atoms with Crippen LogP contribution < -0.4 is 0 Å². The molecular weight excluding hydrogens is 621 g/mol. The Balaban J connectivity index is 1.66. The van der Waals surface area contributed by atoms with E-state index in [0.717, 1.165) is 5.56 Å². The zero-order valence-corrected chi connectivity index (χ0v) is 26.6. The second-order valence-electron chi connectivity index (χ2n) is 11.4. The van der Waals surface area contributed by atoms with Crippen LogP contribution >= 0.6 is 7.75 Å². The Morgan fingerprint density at radius 2 is 1.07 bits per heavy atom. The van der Waals surface area contributed by atoms with E-state index in [-0.39, 0.29) is 11.7 Å². The van der Waals surface area contributed by atoms with E-state index < -0.39 is 41.1 Å². The maximum atomic E-state index is 15.4. The Labute approximate surface area is 268 Å². The first-order valence-electron chi connectivity index (χ1n) is 14.8. The highest BCUT2D eigenvalue weighted by Gasteiger charge is 2.71. The van der Waals surface area contributed by atoms with Crippen molar-refractivity contribution in [2.45, 2.75) is 35.2 Å². The van der Waals surface area contributed by atoms with Crippen LogP contribution in [0.5, 0.6) is 0 Å². The van der Waals surface area contributed by atoms with Crippen molar-refractivity contribution in [1.82, 2.24) is 4.08 Å². The van der Waals surface area contributed by atoms with Crippen LogP contribution in [0.15, 0.2) is 150 Å². The van der Waals surface area contributed by atoms with Gasteiger partial charge in [-0.25, -0.2) is 13.0 Å². The first-order valence-corrected chi connectivity index (χ1v) is 17.8. The van der Waals surface area contributed by atoms with Crippen molar-refractivity contribution >= 4 is 17.8 Å². The summed E-state index contributed by atoms with van der Waals surface area (Å²) in [7, 11) is -10.2. The van der Waals surface area contributed by atoms with Crippen molar-refractivity contribution in [1.29, 1.82) is 0 Å². The minimum atomic E-state index is -5.41. The molecule has 0 aliphatic carbocycles. The number of sulfonamides is 1. The van der Waals surface area contributed by atoms with Crippen molar-refractivity contribution in [2.24, 2.45) is 0 Å². The standard InChI is InChI=1S/C36H32NO7PS/c1-27-22-24-32(25-23-27)46(40,41)37-35(28-14-6-2-7-15-28,29-16-8-3-9-17-29)33-34(43-26-42-33)36(44-45(37,38)39,30-18-10-4-11-19-30)31-20-12-5-13-21-31/h2-25,33-34H,26H2,1H3,(H,38,39). The van der Waals surface area contributed by atoms with E-state index in [1.807, 2.05) is 19.1 Å². The predicted octanol–water partition coefficient (Wildman–Crippen LogP) is 6.75. The van der Waals surface area contributed by atoms with E-state index in [1.54, 1.807) is 121 Å². The molecule has 2 aliphatic rings. The zero-order chi connectivity index (χ0) is 32.0. The molecule has 5 aromatic carbocycles. The van der Waals surface area contributed by atoms with Gasteiger partial charge >= 0.3 is 7.75 Å². The molecule has 10 heteroatoms. The first-order chi connectivity index (χ1) is 22.2. The van der Waals surface area contributed by atoms with Gasteiger partial charge in [0.1, 0.15) is 24.5 Å². The van der Waals surface area contributed by atoms with E-state index >= 15 is 13.0 Å². The third-order valence-electron chi connectivity index (χ3n) is 8.76. The van der Waals surface area contributed by atoms with Crippen molar-refractivity contribution < 1.29 is 31.9 Å². The molecule has 0 aromatic heterocycles. The average molecular weight is 654 g/mol. The summed E-state index contributed by atoms with van der Waals surface area (Å²) in [5.41, 5.74) is -1.07. The number of hydrogen-bond donors (Lipinski definition) is 1. The Bertz CT molecular complexity index is 1900. The largest absolute Gasteiger partial charge is 0.421 e. The summed E-state index contributed by atoms with van der Waals surface area (Å²) in [5.74, 6) is 0. The lowest BCUT2D eigenvalue weighted by molar-refractivity contribution is -0.0532. The number of benzene rings is 5. The molecule has 2 heterocycles. The minimum Gasteiger partial charge on any atom is -0.347 e. The van der Waals surface area contributed by atoms with E-state index in [2.05, 4.69) is 0 Å². The summed E-state index contributed by atoms with van der Waals surface area (Å²) in [4.78, 5) is 12.3. The Hall–Kier alpha value is -3.92. The van der Waals surface area contributed by atoms with Crippen LogP contribution in [0.3, 0.4) is 0 Å². The summed E-state index contributed by atoms with van der Waals surface area (Å²) >= 11 is 0. The molecule has 3 unspecified atom stereocenters. The maximum Gasteiger partial charge on any atom is 0.421 e. The third-order valence-corrected chi connectivity index (χ3v) is 12.9. The van der Waals surface area contributed by atoms with Gasteiger partial charge in [-0.1, -0.05) is 143 Å². The number of rotatable bonds is 6. The summed E-state index contributed by atoms with van der Waals surface area (Å²) in [6, 6.07) is 41.7. The number of ether oxygens (including phenoxy) is 2. The molecule has 1 N–H and O–H groups in total. The second-order valence-corrected chi connectivity index (χ2v) is 15.0. The van der Waals surface area contributed by atoms with Gasteiger partial charge in [0.15, 0.2) is 5.60 Å². The van der Waals surface area contributed by atoms with E-state index in [9.17, 15) is 4.89 Å². The maximum absolute atomic E-state index is 15.4. The molecule has 46 heavy (non-hydrogen) atoms. The first kappa shape index (κ1) is 30.7. The highest BCUT2D eigenvalue weighted by Crippen LogP contribution is 2.68.